The number of hydrogen-bond acceptors (Lipinski definition) is 2. The highest BCUT2D eigenvalue weighted by molar-refractivity contribution is 5.16. The topological polar surface area (TPSA) is 65.7 Å². The van der Waals surface area contributed by atoms with Crippen LogP contribution in [0, 0.1) is 0 Å². The lowest BCUT2D eigenvalue weighted by Gasteiger charge is -2.25. The Morgan fingerprint density at radius 3 is 2.29 bits per heavy atom. The molecule has 4 heteroatoms. The van der Waals surface area contributed by atoms with Crippen molar-refractivity contribution in [2.45, 2.75) is 39.0 Å². The van der Waals surface area contributed by atoms with E-state index in [9.17, 15) is 9.59 Å². The van der Waals surface area contributed by atoms with Crippen LogP contribution < -0.4 is 11.2 Å². The van der Waals surface area contributed by atoms with E-state index in [1.165, 1.54) is 6.20 Å². The predicted octanol–water partition coefficient (Wildman–Crippen LogP) is 1.14. The molecule has 0 spiro atoms. The molecule has 1 rings (SSSR count). The van der Waals surface area contributed by atoms with E-state index < -0.39 is 5.69 Å². The Hall–Kier alpha value is -1.32. The van der Waals surface area contributed by atoms with Crippen LogP contribution in [0.5, 0.6) is 0 Å². The fourth-order valence-corrected chi connectivity index (χ4v) is 1.49. The van der Waals surface area contributed by atoms with Gasteiger partial charge in [0.1, 0.15) is 0 Å². The summed E-state index contributed by atoms with van der Waals surface area (Å²) >= 11 is 0. The van der Waals surface area contributed by atoms with Crippen LogP contribution >= 0.6 is 0 Å². The molecule has 0 saturated heterocycles. The molecule has 0 aliphatic heterocycles. The largest absolute Gasteiger partial charge is 0.325 e. The van der Waals surface area contributed by atoms with E-state index in [4.69, 9.17) is 0 Å². The van der Waals surface area contributed by atoms with Crippen molar-refractivity contribution in [1.29, 1.82) is 0 Å². The summed E-state index contributed by atoms with van der Waals surface area (Å²) in [6.45, 7) is 6.10. The highest BCUT2D eigenvalue weighted by Crippen LogP contribution is 2.27. The lowest BCUT2D eigenvalue weighted by Crippen LogP contribution is -2.33. The minimum Gasteiger partial charge on any atom is -0.314 e. The molecule has 0 amide bonds. The van der Waals surface area contributed by atoms with Crippen LogP contribution in [0.25, 0.3) is 0 Å². The average molecular weight is 196 g/mol. The van der Waals surface area contributed by atoms with Gasteiger partial charge in [-0.05, 0) is 18.3 Å². The molecule has 0 bridgehead atoms. The van der Waals surface area contributed by atoms with Gasteiger partial charge in [0.2, 0.25) is 0 Å². The zero-order valence-corrected chi connectivity index (χ0v) is 8.81. The number of H-pyrrole nitrogens is 2. The molecule has 0 aliphatic rings. The third-order valence-corrected chi connectivity index (χ3v) is 3.03. The summed E-state index contributed by atoms with van der Waals surface area (Å²) in [6, 6.07) is 0. The second-order valence-corrected chi connectivity index (χ2v) is 3.75. The molecule has 0 aliphatic carbocycles. The third-order valence-electron chi connectivity index (χ3n) is 3.03. The van der Waals surface area contributed by atoms with Crippen molar-refractivity contribution in [2.75, 3.05) is 0 Å². The van der Waals surface area contributed by atoms with E-state index in [1.54, 1.807) is 0 Å². The van der Waals surface area contributed by atoms with Gasteiger partial charge in [-0.1, -0.05) is 20.8 Å². The number of aromatic nitrogens is 2. The molecule has 0 radical (unpaired) electrons. The van der Waals surface area contributed by atoms with E-state index in [0.29, 0.717) is 5.56 Å². The van der Waals surface area contributed by atoms with Crippen molar-refractivity contribution in [2.24, 2.45) is 0 Å². The Kier molecular flexibility index (Phi) is 2.93. The highest BCUT2D eigenvalue weighted by atomic mass is 16.2. The van der Waals surface area contributed by atoms with E-state index in [1.807, 2.05) is 20.8 Å². The van der Waals surface area contributed by atoms with E-state index >= 15 is 0 Å². The molecule has 0 atom stereocenters. The van der Waals surface area contributed by atoms with E-state index in [0.717, 1.165) is 12.8 Å². The first-order valence-corrected chi connectivity index (χ1v) is 4.86. The average Bonchev–Trinajstić information content (AvgIpc) is 2.17. The van der Waals surface area contributed by atoms with Crippen LogP contribution in [0.15, 0.2) is 15.8 Å². The van der Waals surface area contributed by atoms with Crippen molar-refractivity contribution in [3.05, 3.63) is 32.6 Å². The molecule has 4 nitrogen and oxygen atoms in total. The molecule has 78 valence electrons. The molecule has 1 aromatic heterocycles. The summed E-state index contributed by atoms with van der Waals surface area (Å²) < 4.78 is 0. The van der Waals surface area contributed by atoms with Gasteiger partial charge >= 0.3 is 5.69 Å². The maximum absolute atomic E-state index is 11.5. The molecule has 0 unspecified atom stereocenters. The van der Waals surface area contributed by atoms with Gasteiger partial charge in [-0.2, -0.15) is 0 Å². The molecule has 1 aromatic rings. The number of nitrogens with one attached hydrogen (secondary N) is 2. The molecular weight excluding hydrogens is 180 g/mol. The fourth-order valence-electron chi connectivity index (χ4n) is 1.49. The SMILES string of the molecule is CCC(C)(CC)c1c[nH]c(=O)[nH]c1=O. The van der Waals surface area contributed by atoms with E-state index in [2.05, 4.69) is 9.97 Å². The van der Waals surface area contributed by atoms with Crippen molar-refractivity contribution in [1.82, 2.24) is 9.97 Å². The third kappa shape index (κ3) is 1.78. The van der Waals surface area contributed by atoms with Crippen molar-refractivity contribution >= 4 is 0 Å². The second kappa shape index (κ2) is 3.82. The van der Waals surface area contributed by atoms with Crippen molar-refractivity contribution in [3.63, 3.8) is 0 Å². The molecule has 14 heavy (non-hydrogen) atoms. The molecule has 0 saturated carbocycles. The molecule has 0 aromatic carbocycles. The minimum absolute atomic E-state index is 0.155. The summed E-state index contributed by atoms with van der Waals surface area (Å²) in [6.07, 6.45) is 3.27. The Balaban J connectivity index is 3.32. The monoisotopic (exact) mass is 196 g/mol. The molecular formula is C10H16N2O2. The summed E-state index contributed by atoms with van der Waals surface area (Å²) in [5.41, 5.74) is -0.229. The van der Waals surface area contributed by atoms with Gasteiger partial charge in [0.05, 0.1) is 0 Å². The van der Waals surface area contributed by atoms with Gasteiger partial charge in [0.25, 0.3) is 5.56 Å². The van der Waals surface area contributed by atoms with Crippen LogP contribution in [-0.2, 0) is 5.41 Å². The summed E-state index contributed by atoms with van der Waals surface area (Å²) in [7, 11) is 0. The lowest BCUT2D eigenvalue weighted by molar-refractivity contribution is 0.431. The quantitative estimate of drug-likeness (QED) is 0.761. The Labute approximate surface area is 82.4 Å². The first-order valence-electron chi connectivity index (χ1n) is 4.86. The maximum Gasteiger partial charge on any atom is 0.325 e. The Morgan fingerprint density at radius 1 is 1.29 bits per heavy atom. The van der Waals surface area contributed by atoms with Crippen LogP contribution in [-0.4, -0.2) is 9.97 Å². The zero-order chi connectivity index (χ0) is 10.8. The number of hydrogen-bond donors (Lipinski definition) is 2. The first-order chi connectivity index (χ1) is 6.53. The molecule has 2 N–H and O–H groups in total. The molecule has 0 fully saturated rings. The normalized spacial score (nSPS) is 11.6. The number of rotatable bonds is 3. The second-order valence-electron chi connectivity index (χ2n) is 3.75. The van der Waals surface area contributed by atoms with Gasteiger partial charge < -0.3 is 4.98 Å². The zero-order valence-electron chi connectivity index (χ0n) is 8.81. The lowest BCUT2D eigenvalue weighted by atomic mass is 9.79. The van der Waals surface area contributed by atoms with Gasteiger partial charge in [0.15, 0.2) is 0 Å². The van der Waals surface area contributed by atoms with Gasteiger partial charge in [-0.15, -0.1) is 0 Å². The van der Waals surface area contributed by atoms with Gasteiger partial charge in [-0.25, -0.2) is 4.79 Å². The van der Waals surface area contributed by atoms with Crippen LogP contribution in [0.2, 0.25) is 0 Å². The number of aromatic amines is 2. The standard InChI is InChI=1S/C10H16N2O2/c1-4-10(3,5-2)7-6-11-9(14)12-8(7)13/h6H,4-5H2,1-3H3,(H2,11,12,13,14). The van der Waals surface area contributed by atoms with E-state index in [-0.39, 0.29) is 11.0 Å². The summed E-state index contributed by atoms with van der Waals surface area (Å²) in [5.74, 6) is 0. The first kappa shape index (κ1) is 10.8. The Bertz CT molecular complexity index is 413. The van der Waals surface area contributed by atoms with Crippen molar-refractivity contribution < 1.29 is 0 Å². The Morgan fingerprint density at radius 2 is 1.86 bits per heavy atom. The minimum atomic E-state index is -0.451. The highest BCUT2D eigenvalue weighted by Gasteiger charge is 2.25. The molecule has 1 heterocycles. The van der Waals surface area contributed by atoms with Crippen LogP contribution in [0.3, 0.4) is 0 Å². The summed E-state index contributed by atoms with van der Waals surface area (Å²) in [4.78, 5) is 27.1. The maximum atomic E-state index is 11.5. The van der Waals surface area contributed by atoms with Crippen LogP contribution in [0.4, 0.5) is 0 Å². The fraction of sp³-hybridized carbons (Fsp3) is 0.600. The smallest absolute Gasteiger partial charge is 0.314 e. The summed E-state index contributed by atoms with van der Waals surface area (Å²) in [5, 5.41) is 0. The van der Waals surface area contributed by atoms with Crippen LogP contribution in [0.1, 0.15) is 39.2 Å². The van der Waals surface area contributed by atoms with Gasteiger partial charge in [0, 0.05) is 11.8 Å². The van der Waals surface area contributed by atoms with Crippen molar-refractivity contribution in [3.8, 4) is 0 Å². The predicted molar refractivity (Wildman–Crippen MR) is 55.6 cm³/mol. The van der Waals surface area contributed by atoms with Gasteiger partial charge in [-0.3, -0.25) is 9.78 Å².